The van der Waals surface area contributed by atoms with E-state index in [4.69, 9.17) is 18.9 Å². The van der Waals surface area contributed by atoms with Crippen molar-refractivity contribution >= 4 is 23.5 Å². The molecule has 11 nitrogen and oxygen atoms in total. The molecule has 0 radical (unpaired) electrons. The van der Waals surface area contributed by atoms with E-state index in [9.17, 15) is 9.90 Å². The van der Waals surface area contributed by atoms with Gasteiger partial charge in [0.15, 0.2) is 11.6 Å². The molecule has 2 heterocycles. The SMILES string of the molecule is COCc1ccccc1C(c1cc(OC)ccc1OC)N(C(=O)O)c1ccnc(Nc2ccc(OCCCN3CCCCC3)c(F)c2)n1. The average molecular weight is 660 g/mol. The average Bonchev–Trinajstić information content (AvgIpc) is 3.10. The van der Waals surface area contributed by atoms with E-state index in [1.54, 1.807) is 37.4 Å². The van der Waals surface area contributed by atoms with Gasteiger partial charge in [0.25, 0.3) is 0 Å². The van der Waals surface area contributed by atoms with Gasteiger partial charge in [-0.05, 0) is 79.9 Å². The van der Waals surface area contributed by atoms with Gasteiger partial charge in [-0.2, -0.15) is 4.98 Å². The Bertz CT molecular complexity index is 1670. The van der Waals surface area contributed by atoms with Crippen molar-refractivity contribution in [2.45, 2.75) is 38.3 Å². The molecule has 1 aromatic heterocycles. The number of anilines is 3. The molecule has 2 N–H and O–H groups in total. The summed E-state index contributed by atoms with van der Waals surface area (Å²) in [5.74, 6) is 0.769. The maximum Gasteiger partial charge on any atom is 0.413 e. The van der Waals surface area contributed by atoms with Crippen molar-refractivity contribution in [1.82, 2.24) is 14.9 Å². The van der Waals surface area contributed by atoms with Crippen LogP contribution < -0.4 is 24.4 Å². The molecule has 0 bridgehead atoms. The van der Waals surface area contributed by atoms with Crippen LogP contribution in [-0.2, 0) is 11.3 Å². The number of hydrogen-bond donors (Lipinski definition) is 2. The number of amides is 1. The molecule has 1 amide bonds. The second-order valence-corrected chi connectivity index (χ2v) is 11.4. The molecular weight excluding hydrogens is 617 g/mol. The summed E-state index contributed by atoms with van der Waals surface area (Å²) in [4.78, 5) is 25.5. The van der Waals surface area contributed by atoms with E-state index < -0.39 is 18.0 Å². The van der Waals surface area contributed by atoms with Crippen molar-refractivity contribution in [2.24, 2.45) is 0 Å². The largest absolute Gasteiger partial charge is 0.497 e. The number of piperidine rings is 1. The van der Waals surface area contributed by atoms with E-state index in [1.165, 1.54) is 51.8 Å². The van der Waals surface area contributed by atoms with Gasteiger partial charge >= 0.3 is 6.09 Å². The van der Waals surface area contributed by atoms with E-state index in [1.807, 2.05) is 24.3 Å². The third kappa shape index (κ3) is 8.50. The van der Waals surface area contributed by atoms with Crippen molar-refractivity contribution in [3.63, 3.8) is 0 Å². The topological polar surface area (TPSA) is 119 Å². The fraction of sp³-hybridized carbons (Fsp3) is 0.361. The monoisotopic (exact) mass is 659 g/mol. The molecule has 0 saturated carbocycles. The molecule has 12 heteroatoms. The number of rotatable bonds is 15. The fourth-order valence-electron chi connectivity index (χ4n) is 5.95. The first-order chi connectivity index (χ1) is 23.4. The molecule has 1 aliphatic heterocycles. The Hall–Kier alpha value is -4.94. The Morgan fingerprint density at radius 2 is 1.77 bits per heavy atom. The smallest absolute Gasteiger partial charge is 0.413 e. The summed E-state index contributed by atoms with van der Waals surface area (Å²) in [7, 11) is 4.63. The van der Waals surface area contributed by atoms with Crippen LogP contribution >= 0.6 is 0 Å². The highest BCUT2D eigenvalue weighted by Crippen LogP contribution is 2.40. The minimum atomic E-state index is -1.27. The van der Waals surface area contributed by atoms with Gasteiger partial charge in [0, 0.05) is 37.2 Å². The van der Waals surface area contributed by atoms with E-state index >= 15 is 4.39 Å². The third-order valence-electron chi connectivity index (χ3n) is 8.25. The third-order valence-corrected chi connectivity index (χ3v) is 8.25. The van der Waals surface area contributed by atoms with Crippen LogP contribution in [0.5, 0.6) is 17.2 Å². The van der Waals surface area contributed by atoms with Crippen LogP contribution in [-0.4, -0.2) is 73.6 Å². The van der Waals surface area contributed by atoms with Crippen LogP contribution in [0.2, 0.25) is 0 Å². The van der Waals surface area contributed by atoms with Gasteiger partial charge in [0.1, 0.15) is 17.3 Å². The summed E-state index contributed by atoms with van der Waals surface area (Å²) < 4.78 is 37.4. The minimum absolute atomic E-state index is 0.0786. The number of carbonyl (C=O) groups is 1. The summed E-state index contributed by atoms with van der Waals surface area (Å²) in [6.07, 6.45) is 4.73. The zero-order valence-corrected chi connectivity index (χ0v) is 27.5. The lowest BCUT2D eigenvalue weighted by atomic mass is 9.92. The maximum atomic E-state index is 15.0. The van der Waals surface area contributed by atoms with E-state index in [2.05, 4.69) is 20.2 Å². The first-order valence-corrected chi connectivity index (χ1v) is 16.0. The highest BCUT2D eigenvalue weighted by molar-refractivity contribution is 5.87. The van der Waals surface area contributed by atoms with Crippen molar-refractivity contribution in [2.75, 3.05) is 57.8 Å². The Balaban J connectivity index is 1.41. The van der Waals surface area contributed by atoms with Crippen LogP contribution in [0.3, 0.4) is 0 Å². The number of nitrogens with one attached hydrogen (secondary N) is 1. The molecule has 4 aromatic rings. The minimum Gasteiger partial charge on any atom is -0.497 e. The lowest BCUT2D eigenvalue weighted by Crippen LogP contribution is -2.36. The summed E-state index contributed by atoms with van der Waals surface area (Å²) in [5, 5.41) is 13.7. The molecule has 48 heavy (non-hydrogen) atoms. The molecule has 0 aliphatic carbocycles. The van der Waals surface area contributed by atoms with Crippen molar-refractivity contribution < 1.29 is 33.2 Å². The van der Waals surface area contributed by atoms with E-state index in [-0.39, 0.29) is 24.1 Å². The van der Waals surface area contributed by atoms with Crippen molar-refractivity contribution in [3.05, 3.63) is 95.4 Å². The predicted octanol–water partition coefficient (Wildman–Crippen LogP) is 7.05. The van der Waals surface area contributed by atoms with Crippen LogP contribution in [0.1, 0.15) is 48.4 Å². The second-order valence-electron chi connectivity index (χ2n) is 11.4. The number of aromatic nitrogens is 2. The first kappa shape index (κ1) is 34.4. The highest BCUT2D eigenvalue weighted by Gasteiger charge is 2.33. The summed E-state index contributed by atoms with van der Waals surface area (Å²) >= 11 is 0. The van der Waals surface area contributed by atoms with Gasteiger partial charge in [-0.1, -0.05) is 30.7 Å². The second kappa shape index (κ2) is 16.8. The maximum absolute atomic E-state index is 15.0. The molecule has 3 aromatic carbocycles. The quantitative estimate of drug-likeness (QED) is 0.129. The van der Waals surface area contributed by atoms with E-state index in [0.717, 1.165) is 36.5 Å². The van der Waals surface area contributed by atoms with Gasteiger partial charge in [-0.3, -0.25) is 0 Å². The Kier molecular flexibility index (Phi) is 12.0. The summed E-state index contributed by atoms with van der Waals surface area (Å²) in [5.41, 5.74) is 2.35. The van der Waals surface area contributed by atoms with Crippen LogP contribution in [0.25, 0.3) is 0 Å². The van der Waals surface area contributed by atoms with Crippen molar-refractivity contribution in [3.8, 4) is 17.2 Å². The molecule has 0 spiro atoms. The number of methoxy groups -OCH3 is 3. The van der Waals surface area contributed by atoms with Crippen LogP contribution in [0.15, 0.2) is 72.9 Å². The molecule has 1 aliphatic rings. The number of benzene rings is 3. The number of ether oxygens (including phenoxy) is 4. The number of likely N-dealkylation sites (tertiary alicyclic amines) is 1. The molecule has 254 valence electrons. The molecule has 1 atom stereocenters. The number of nitrogens with zero attached hydrogens (tertiary/aromatic N) is 4. The van der Waals surface area contributed by atoms with Gasteiger partial charge in [-0.25, -0.2) is 19.1 Å². The summed E-state index contributed by atoms with van der Waals surface area (Å²) in [6.45, 7) is 3.82. The number of carboxylic acid groups (broad SMARTS) is 1. The molecule has 1 unspecified atom stereocenters. The Morgan fingerprint density at radius 3 is 2.50 bits per heavy atom. The van der Waals surface area contributed by atoms with E-state index in [0.29, 0.717) is 34.9 Å². The van der Waals surface area contributed by atoms with Gasteiger partial charge < -0.3 is 34.3 Å². The molecule has 1 saturated heterocycles. The standard InChI is InChI=1S/C36H42FN5O6/c1-45-24-25-10-5-6-11-28(25)34(29-23-27(46-2)13-15-31(29)47-3)42(36(43)44)33-16-17-38-35(40-33)39-26-12-14-32(30(37)22-26)48-21-9-20-41-18-7-4-8-19-41/h5-6,10-17,22-23,34H,4,7-9,18-21,24H2,1-3H3,(H,43,44)(H,38,39,40). The molecule has 1 fully saturated rings. The zero-order chi connectivity index (χ0) is 33.9. The summed E-state index contributed by atoms with van der Waals surface area (Å²) in [6, 6.07) is 17.7. The normalized spacial score (nSPS) is 13.8. The first-order valence-electron chi connectivity index (χ1n) is 16.0. The Labute approximate surface area is 280 Å². The highest BCUT2D eigenvalue weighted by atomic mass is 19.1. The lowest BCUT2D eigenvalue weighted by Gasteiger charge is -2.32. The lowest BCUT2D eigenvalue weighted by molar-refractivity contribution is 0.183. The fourth-order valence-corrected chi connectivity index (χ4v) is 5.95. The van der Waals surface area contributed by atoms with Gasteiger partial charge in [-0.15, -0.1) is 0 Å². The van der Waals surface area contributed by atoms with Crippen LogP contribution in [0.4, 0.5) is 26.6 Å². The number of halogens is 1. The van der Waals surface area contributed by atoms with Crippen LogP contribution in [0, 0.1) is 5.82 Å². The van der Waals surface area contributed by atoms with Gasteiger partial charge in [0.2, 0.25) is 5.95 Å². The molecule has 5 rings (SSSR count). The molecular formula is C36H42FN5O6. The predicted molar refractivity (Wildman–Crippen MR) is 181 cm³/mol. The zero-order valence-electron chi connectivity index (χ0n) is 27.5. The van der Waals surface area contributed by atoms with Crippen molar-refractivity contribution in [1.29, 1.82) is 0 Å². The van der Waals surface area contributed by atoms with Gasteiger partial charge in [0.05, 0.1) is 33.5 Å². The Morgan fingerprint density at radius 1 is 0.979 bits per heavy atom. The number of hydrogen-bond acceptors (Lipinski definition) is 9.